The molecule has 0 aromatic heterocycles. The van der Waals surface area contributed by atoms with Gasteiger partial charge in [-0.3, -0.25) is 4.79 Å². The number of halogens is 1. The number of rotatable bonds is 3. The van der Waals surface area contributed by atoms with Crippen LogP contribution in [-0.4, -0.2) is 23.2 Å². The first kappa shape index (κ1) is 15.0. The molecule has 0 bridgehead atoms. The number of amides is 1. The Morgan fingerprint density at radius 3 is 2.45 bits per heavy atom. The third kappa shape index (κ3) is 3.57. The highest BCUT2D eigenvalue weighted by Crippen LogP contribution is 2.39. The van der Waals surface area contributed by atoms with Gasteiger partial charge < -0.3 is 10.4 Å². The Hall–Kier alpha value is -1.42. The summed E-state index contributed by atoms with van der Waals surface area (Å²) in [5, 5.41) is 13.1. The maximum atomic E-state index is 13.5. The van der Waals surface area contributed by atoms with Crippen LogP contribution in [0, 0.1) is 11.2 Å². The Morgan fingerprint density at radius 2 is 1.85 bits per heavy atom. The van der Waals surface area contributed by atoms with Gasteiger partial charge >= 0.3 is 0 Å². The van der Waals surface area contributed by atoms with Gasteiger partial charge in [-0.15, -0.1) is 0 Å². The van der Waals surface area contributed by atoms with Crippen molar-refractivity contribution in [3.63, 3.8) is 0 Å². The molecule has 2 N–H and O–H groups in total. The topological polar surface area (TPSA) is 49.3 Å². The minimum absolute atomic E-state index is 0.0206. The number of benzene rings is 1. The Morgan fingerprint density at radius 1 is 1.25 bits per heavy atom. The summed E-state index contributed by atoms with van der Waals surface area (Å²) in [6, 6.07) is 5.87. The van der Waals surface area contributed by atoms with E-state index in [-0.39, 0.29) is 17.5 Å². The van der Waals surface area contributed by atoms with E-state index in [1.165, 1.54) is 12.1 Å². The van der Waals surface area contributed by atoms with E-state index in [1.807, 2.05) is 0 Å². The van der Waals surface area contributed by atoms with Crippen LogP contribution in [0.3, 0.4) is 0 Å². The van der Waals surface area contributed by atoms with Crippen molar-refractivity contribution in [2.75, 3.05) is 6.54 Å². The van der Waals surface area contributed by atoms with Gasteiger partial charge in [-0.1, -0.05) is 26.0 Å². The van der Waals surface area contributed by atoms with E-state index < -0.39 is 17.3 Å². The van der Waals surface area contributed by atoms with Crippen LogP contribution in [0.25, 0.3) is 0 Å². The van der Waals surface area contributed by atoms with Crippen LogP contribution in [0.2, 0.25) is 0 Å². The second-order valence-corrected chi connectivity index (χ2v) is 6.55. The first-order chi connectivity index (χ1) is 9.31. The molecule has 4 heteroatoms. The van der Waals surface area contributed by atoms with Gasteiger partial charge in [0.15, 0.2) is 0 Å². The van der Waals surface area contributed by atoms with E-state index in [4.69, 9.17) is 0 Å². The van der Waals surface area contributed by atoms with E-state index in [0.717, 1.165) is 12.8 Å². The lowest BCUT2D eigenvalue weighted by molar-refractivity contribution is -0.0233. The monoisotopic (exact) mass is 279 g/mol. The molecule has 110 valence electrons. The molecule has 0 radical (unpaired) electrons. The highest BCUT2D eigenvalue weighted by Gasteiger charge is 2.36. The molecule has 1 saturated carbocycles. The van der Waals surface area contributed by atoms with Crippen LogP contribution in [0.5, 0.6) is 0 Å². The van der Waals surface area contributed by atoms with Crippen molar-refractivity contribution in [1.82, 2.24) is 5.32 Å². The minimum atomic E-state index is -0.865. The van der Waals surface area contributed by atoms with Gasteiger partial charge in [0.2, 0.25) is 0 Å². The summed E-state index contributed by atoms with van der Waals surface area (Å²) >= 11 is 0. The normalized spacial score (nSPS) is 20.4. The van der Waals surface area contributed by atoms with E-state index in [9.17, 15) is 14.3 Å². The molecular weight excluding hydrogens is 257 g/mol. The lowest BCUT2D eigenvalue weighted by Crippen LogP contribution is -2.46. The Bertz CT molecular complexity index is 489. The quantitative estimate of drug-likeness (QED) is 0.894. The SMILES string of the molecule is CC1(C)CCC(O)(CNC(=O)c2ccccc2F)CC1. The molecule has 1 aliphatic rings. The van der Waals surface area contributed by atoms with Crippen molar-refractivity contribution in [1.29, 1.82) is 0 Å². The van der Waals surface area contributed by atoms with Crippen LogP contribution >= 0.6 is 0 Å². The highest BCUT2D eigenvalue weighted by molar-refractivity contribution is 5.94. The molecule has 0 unspecified atom stereocenters. The fourth-order valence-corrected chi connectivity index (χ4v) is 2.55. The molecule has 1 amide bonds. The largest absolute Gasteiger partial charge is 0.388 e. The van der Waals surface area contributed by atoms with Crippen molar-refractivity contribution in [3.05, 3.63) is 35.6 Å². The molecule has 0 saturated heterocycles. The van der Waals surface area contributed by atoms with E-state index in [1.54, 1.807) is 12.1 Å². The third-order valence-corrected chi connectivity index (χ3v) is 4.23. The van der Waals surface area contributed by atoms with Crippen LogP contribution in [0.15, 0.2) is 24.3 Å². The van der Waals surface area contributed by atoms with Crippen molar-refractivity contribution in [2.45, 2.75) is 45.1 Å². The van der Waals surface area contributed by atoms with Crippen molar-refractivity contribution in [2.24, 2.45) is 5.41 Å². The van der Waals surface area contributed by atoms with Crippen molar-refractivity contribution >= 4 is 5.91 Å². The molecule has 1 fully saturated rings. The first-order valence-corrected chi connectivity index (χ1v) is 7.07. The minimum Gasteiger partial charge on any atom is -0.388 e. The highest BCUT2D eigenvalue weighted by atomic mass is 19.1. The van der Waals surface area contributed by atoms with Crippen LogP contribution < -0.4 is 5.32 Å². The molecular formula is C16H22FNO2. The zero-order valence-corrected chi connectivity index (χ0v) is 12.1. The molecule has 0 aliphatic heterocycles. The fourth-order valence-electron chi connectivity index (χ4n) is 2.55. The molecule has 1 aromatic carbocycles. The molecule has 0 spiro atoms. The summed E-state index contributed by atoms with van der Waals surface area (Å²) in [4.78, 5) is 11.9. The van der Waals surface area contributed by atoms with Gasteiger partial charge in [0, 0.05) is 6.54 Å². The van der Waals surface area contributed by atoms with Gasteiger partial charge in [0.1, 0.15) is 5.82 Å². The molecule has 1 aromatic rings. The van der Waals surface area contributed by atoms with Crippen LogP contribution in [-0.2, 0) is 0 Å². The van der Waals surface area contributed by atoms with E-state index >= 15 is 0 Å². The third-order valence-electron chi connectivity index (χ3n) is 4.23. The fraction of sp³-hybridized carbons (Fsp3) is 0.562. The average Bonchev–Trinajstić information content (AvgIpc) is 2.41. The number of hydrogen-bond acceptors (Lipinski definition) is 2. The van der Waals surface area contributed by atoms with E-state index in [0.29, 0.717) is 12.8 Å². The van der Waals surface area contributed by atoms with E-state index in [2.05, 4.69) is 19.2 Å². The lowest BCUT2D eigenvalue weighted by Gasteiger charge is -2.40. The standard InChI is InChI=1S/C16H22FNO2/c1-15(2)7-9-16(20,10-8-15)11-18-14(19)12-5-3-4-6-13(12)17/h3-6,20H,7-11H2,1-2H3,(H,18,19). The maximum absolute atomic E-state index is 13.5. The number of nitrogens with one attached hydrogen (secondary N) is 1. The summed E-state index contributed by atoms with van der Waals surface area (Å²) < 4.78 is 13.5. The van der Waals surface area contributed by atoms with Gasteiger partial charge in [-0.05, 0) is 43.2 Å². The summed E-state index contributed by atoms with van der Waals surface area (Å²) in [5.41, 5.74) is -0.592. The number of aliphatic hydroxyl groups is 1. The Kier molecular flexibility index (Phi) is 4.14. The van der Waals surface area contributed by atoms with Gasteiger partial charge in [0.25, 0.3) is 5.91 Å². The number of hydrogen-bond donors (Lipinski definition) is 2. The van der Waals surface area contributed by atoms with Crippen LogP contribution in [0.4, 0.5) is 4.39 Å². The van der Waals surface area contributed by atoms with Crippen molar-refractivity contribution in [3.8, 4) is 0 Å². The molecule has 0 atom stereocenters. The molecule has 2 rings (SSSR count). The van der Waals surface area contributed by atoms with Crippen molar-refractivity contribution < 1.29 is 14.3 Å². The van der Waals surface area contributed by atoms with Gasteiger partial charge in [0.05, 0.1) is 11.2 Å². The molecule has 20 heavy (non-hydrogen) atoms. The zero-order chi connectivity index (χ0) is 14.8. The summed E-state index contributed by atoms with van der Waals surface area (Å²) in [6.07, 6.45) is 3.19. The molecule has 0 heterocycles. The van der Waals surface area contributed by atoms with Gasteiger partial charge in [-0.25, -0.2) is 4.39 Å². The number of carbonyl (C=O) groups is 1. The Labute approximate surface area is 119 Å². The second kappa shape index (κ2) is 5.52. The first-order valence-electron chi connectivity index (χ1n) is 7.07. The summed E-state index contributed by atoms with van der Waals surface area (Å²) in [5.74, 6) is -1.01. The smallest absolute Gasteiger partial charge is 0.254 e. The van der Waals surface area contributed by atoms with Crippen LogP contribution in [0.1, 0.15) is 49.9 Å². The zero-order valence-electron chi connectivity index (χ0n) is 12.1. The predicted molar refractivity (Wildman–Crippen MR) is 75.9 cm³/mol. The summed E-state index contributed by atoms with van der Waals surface area (Å²) in [6.45, 7) is 4.55. The average molecular weight is 279 g/mol. The molecule has 1 aliphatic carbocycles. The maximum Gasteiger partial charge on any atom is 0.254 e. The lowest BCUT2D eigenvalue weighted by atomic mass is 9.71. The second-order valence-electron chi connectivity index (χ2n) is 6.55. The Balaban J connectivity index is 1.92. The molecule has 3 nitrogen and oxygen atoms in total. The van der Waals surface area contributed by atoms with Gasteiger partial charge in [-0.2, -0.15) is 0 Å². The number of carbonyl (C=O) groups excluding carboxylic acids is 1. The summed E-state index contributed by atoms with van der Waals surface area (Å²) in [7, 11) is 0. The predicted octanol–water partition coefficient (Wildman–Crippen LogP) is 2.89.